The highest BCUT2D eigenvalue weighted by atomic mass is 16.5. The Bertz CT molecular complexity index is 743. The molecule has 0 saturated heterocycles. The summed E-state index contributed by atoms with van der Waals surface area (Å²) >= 11 is 0. The summed E-state index contributed by atoms with van der Waals surface area (Å²) in [6.07, 6.45) is 6.91. The number of rotatable bonds is 9. The van der Waals surface area contributed by atoms with Crippen molar-refractivity contribution in [2.24, 2.45) is 4.99 Å². The van der Waals surface area contributed by atoms with Gasteiger partial charge in [0.25, 0.3) is 0 Å². The molecule has 0 aliphatic heterocycles. The fourth-order valence-corrected chi connectivity index (χ4v) is 3.50. The number of hydrogen-bond acceptors (Lipinski definition) is 4. The highest BCUT2D eigenvalue weighted by molar-refractivity contribution is 5.79. The van der Waals surface area contributed by atoms with Crippen LogP contribution >= 0.6 is 0 Å². The van der Waals surface area contributed by atoms with E-state index in [0.717, 1.165) is 36.5 Å². The Morgan fingerprint density at radius 1 is 1.17 bits per heavy atom. The molecule has 1 aliphatic carbocycles. The topological polar surface area (TPSA) is 78.8 Å². The molecule has 1 aliphatic rings. The van der Waals surface area contributed by atoms with Crippen molar-refractivity contribution in [3.05, 3.63) is 59.8 Å². The number of hydrogen-bond donors (Lipinski definition) is 3. The summed E-state index contributed by atoms with van der Waals surface area (Å²) in [6, 6.07) is 14.0. The Kier molecular flexibility index (Phi) is 8.31. The van der Waals surface area contributed by atoms with E-state index >= 15 is 0 Å². The minimum atomic E-state index is 0.0220. The Morgan fingerprint density at radius 3 is 2.62 bits per heavy atom. The maximum Gasteiger partial charge on any atom is 0.213 e. The van der Waals surface area contributed by atoms with Crippen molar-refractivity contribution in [3.63, 3.8) is 0 Å². The molecule has 156 valence electrons. The fourth-order valence-electron chi connectivity index (χ4n) is 3.50. The number of pyridine rings is 1. The zero-order chi connectivity index (χ0) is 20.3. The van der Waals surface area contributed by atoms with Crippen molar-refractivity contribution >= 4 is 5.96 Å². The SMILES string of the molecule is CCNC(=NCc1ccc(OC2CCCC2)nc1)NCC(CO)c1ccccc1. The molecule has 29 heavy (non-hydrogen) atoms. The van der Waals surface area contributed by atoms with E-state index in [4.69, 9.17) is 4.74 Å². The maximum atomic E-state index is 9.74. The molecule has 3 N–H and O–H groups in total. The maximum absolute atomic E-state index is 9.74. The molecule has 1 fully saturated rings. The van der Waals surface area contributed by atoms with Crippen molar-refractivity contribution in [1.82, 2.24) is 15.6 Å². The van der Waals surface area contributed by atoms with Crippen LogP contribution in [0.25, 0.3) is 0 Å². The number of benzene rings is 1. The lowest BCUT2D eigenvalue weighted by Crippen LogP contribution is -2.39. The number of nitrogens with one attached hydrogen (secondary N) is 2. The van der Waals surface area contributed by atoms with Gasteiger partial charge in [0, 0.05) is 31.3 Å². The van der Waals surface area contributed by atoms with Crippen LogP contribution in [-0.2, 0) is 6.54 Å². The van der Waals surface area contributed by atoms with Gasteiger partial charge in [0.1, 0.15) is 6.10 Å². The number of ether oxygens (including phenoxy) is 1. The first kappa shape index (κ1) is 21.1. The van der Waals surface area contributed by atoms with Crippen LogP contribution in [0.5, 0.6) is 5.88 Å². The molecular formula is C23H32N4O2. The predicted molar refractivity (Wildman–Crippen MR) is 116 cm³/mol. The zero-order valence-corrected chi connectivity index (χ0v) is 17.2. The van der Waals surface area contributed by atoms with Crippen molar-refractivity contribution in [1.29, 1.82) is 0 Å². The fraction of sp³-hybridized carbons (Fsp3) is 0.478. The largest absolute Gasteiger partial charge is 0.474 e. The average Bonchev–Trinajstić information content (AvgIpc) is 3.27. The van der Waals surface area contributed by atoms with E-state index in [-0.39, 0.29) is 12.5 Å². The minimum Gasteiger partial charge on any atom is -0.474 e. The van der Waals surface area contributed by atoms with Crippen LogP contribution in [-0.4, -0.2) is 41.9 Å². The lowest BCUT2D eigenvalue weighted by Gasteiger charge is -2.18. The minimum absolute atomic E-state index is 0.0220. The quantitative estimate of drug-likeness (QED) is 0.448. The summed E-state index contributed by atoms with van der Waals surface area (Å²) in [7, 11) is 0. The molecule has 3 rings (SSSR count). The van der Waals surface area contributed by atoms with E-state index < -0.39 is 0 Å². The van der Waals surface area contributed by atoms with Crippen molar-refractivity contribution < 1.29 is 9.84 Å². The normalized spacial score (nSPS) is 15.9. The van der Waals surface area contributed by atoms with Crippen LogP contribution < -0.4 is 15.4 Å². The van der Waals surface area contributed by atoms with Gasteiger partial charge < -0.3 is 20.5 Å². The van der Waals surface area contributed by atoms with Crippen molar-refractivity contribution in [3.8, 4) is 5.88 Å². The van der Waals surface area contributed by atoms with Crippen LogP contribution in [0.3, 0.4) is 0 Å². The molecule has 1 aromatic heterocycles. The first-order valence-electron chi connectivity index (χ1n) is 10.6. The second-order valence-corrected chi connectivity index (χ2v) is 7.40. The van der Waals surface area contributed by atoms with Gasteiger partial charge in [-0.15, -0.1) is 0 Å². The van der Waals surface area contributed by atoms with Crippen molar-refractivity contribution in [2.75, 3.05) is 19.7 Å². The van der Waals surface area contributed by atoms with Gasteiger partial charge in [0.15, 0.2) is 5.96 Å². The molecule has 6 nitrogen and oxygen atoms in total. The zero-order valence-electron chi connectivity index (χ0n) is 17.2. The van der Waals surface area contributed by atoms with E-state index in [1.807, 2.05) is 55.6 Å². The Balaban J connectivity index is 1.54. The van der Waals surface area contributed by atoms with Gasteiger partial charge in [0.05, 0.1) is 13.2 Å². The number of nitrogens with zero attached hydrogens (tertiary/aromatic N) is 2. The Hall–Kier alpha value is -2.60. The molecule has 0 spiro atoms. The first-order valence-corrected chi connectivity index (χ1v) is 10.6. The van der Waals surface area contributed by atoms with Crippen molar-refractivity contribution in [2.45, 2.75) is 51.2 Å². The van der Waals surface area contributed by atoms with Gasteiger partial charge in [-0.3, -0.25) is 0 Å². The van der Waals surface area contributed by atoms with Gasteiger partial charge in [-0.05, 0) is 43.7 Å². The molecule has 1 unspecified atom stereocenters. The summed E-state index contributed by atoms with van der Waals surface area (Å²) in [5.41, 5.74) is 2.14. The van der Waals surface area contributed by atoms with E-state index in [0.29, 0.717) is 25.1 Å². The predicted octanol–water partition coefficient (Wildman–Crippen LogP) is 3.23. The van der Waals surface area contributed by atoms with Gasteiger partial charge >= 0.3 is 0 Å². The standard InChI is InChI=1S/C23H32N4O2/c1-2-24-23(27-16-20(17-28)19-8-4-3-5-9-19)26-15-18-12-13-22(25-14-18)29-21-10-6-7-11-21/h3-5,8-9,12-14,20-21,28H,2,6-7,10-11,15-17H2,1H3,(H2,24,26,27). The Labute approximate surface area is 173 Å². The molecule has 0 amide bonds. The summed E-state index contributed by atoms with van der Waals surface area (Å²) in [5.74, 6) is 1.45. The van der Waals surface area contributed by atoms with Gasteiger partial charge in [0.2, 0.25) is 5.88 Å². The number of aromatic nitrogens is 1. The summed E-state index contributed by atoms with van der Waals surface area (Å²) in [5, 5.41) is 16.3. The smallest absolute Gasteiger partial charge is 0.213 e. The molecule has 1 saturated carbocycles. The molecule has 1 aromatic carbocycles. The van der Waals surface area contributed by atoms with Crippen LogP contribution in [0.15, 0.2) is 53.7 Å². The van der Waals surface area contributed by atoms with E-state index in [1.165, 1.54) is 12.8 Å². The molecule has 0 bridgehead atoms. The van der Waals surface area contributed by atoms with Gasteiger partial charge in [-0.2, -0.15) is 0 Å². The van der Waals surface area contributed by atoms with E-state index in [9.17, 15) is 5.11 Å². The second kappa shape index (κ2) is 11.4. The van der Waals surface area contributed by atoms with Crippen LogP contribution in [0.4, 0.5) is 0 Å². The van der Waals surface area contributed by atoms with E-state index in [2.05, 4.69) is 20.6 Å². The number of guanidine groups is 1. The monoisotopic (exact) mass is 396 g/mol. The summed E-state index contributed by atoms with van der Waals surface area (Å²) in [4.78, 5) is 9.08. The third kappa shape index (κ3) is 6.75. The van der Waals surface area contributed by atoms with Crippen LogP contribution in [0, 0.1) is 0 Å². The van der Waals surface area contributed by atoms with Gasteiger partial charge in [-0.1, -0.05) is 36.4 Å². The number of aliphatic hydroxyl groups is 1. The molecule has 1 atom stereocenters. The van der Waals surface area contributed by atoms with E-state index in [1.54, 1.807) is 0 Å². The molecule has 0 radical (unpaired) electrons. The lowest BCUT2D eigenvalue weighted by molar-refractivity contribution is 0.201. The first-order chi connectivity index (χ1) is 14.3. The molecule has 2 aromatic rings. The lowest BCUT2D eigenvalue weighted by atomic mass is 10.0. The highest BCUT2D eigenvalue weighted by Crippen LogP contribution is 2.23. The third-order valence-electron chi connectivity index (χ3n) is 5.16. The average molecular weight is 397 g/mol. The number of aliphatic imine (C=N–C) groups is 1. The molecule has 6 heteroatoms. The van der Waals surface area contributed by atoms with Crippen LogP contribution in [0.1, 0.15) is 49.7 Å². The van der Waals surface area contributed by atoms with Crippen LogP contribution in [0.2, 0.25) is 0 Å². The highest BCUT2D eigenvalue weighted by Gasteiger charge is 2.16. The summed E-state index contributed by atoms with van der Waals surface area (Å²) in [6.45, 7) is 4.03. The second-order valence-electron chi connectivity index (χ2n) is 7.40. The third-order valence-corrected chi connectivity index (χ3v) is 5.16. The number of aliphatic hydroxyl groups excluding tert-OH is 1. The molecular weight excluding hydrogens is 364 g/mol. The molecule has 1 heterocycles. The summed E-state index contributed by atoms with van der Waals surface area (Å²) < 4.78 is 5.92. The van der Waals surface area contributed by atoms with Gasteiger partial charge in [-0.25, -0.2) is 9.98 Å². The Morgan fingerprint density at radius 2 is 1.97 bits per heavy atom.